The lowest BCUT2D eigenvalue weighted by Gasteiger charge is -2.26. The van der Waals surface area contributed by atoms with Crippen molar-refractivity contribution < 1.29 is 4.79 Å². The molecule has 0 aliphatic rings. The first kappa shape index (κ1) is 17.2. The summed E-state index contributed by atoms with van der Waals surface area (Å²) >= 11 is 0. The minimum atomic E-state index is -0.202. The average Bonchev–Trinajstić information content (AvgIpc) is 2.42. The van der Waals surface area contributed by atoms with E-state index in [1.807, 2.05) is 32.6 Å². The smallest absolute Gasteiger partial charge is 0.241 e. The lowest BCUT2D eigenvalue weighted by atomic mass is 9.96. The molecule has 0 fully saturated rings. The van der Waals surface area contributed by atoms with E-state index in [0.29, 0.717) is 24.0 Å². The fourth-order valence-corrected chi connectivity index (χ4v) is 1.67. The number of amides is 1. The van der Waals surface area contributed by atoms with Crippen molar-refractivity contribution in [2.24, 2.45) is 5.84 Å². The Balaban J connectivity index is 3.17. The summed E-state index contributed by atoms with van der Waals surface area (Å²) in [6, 6.07) is 1.75. The van der Waals surface area contributed by atoms with E-state index in [-0.39, 0.29) is 17.9 Å². The number of hydrogen-bond donors (Lipinski definition) is 2. The molecule has 3 N–H and O–H groups in total. The van der Waals surface area contributed by atoms with Crippen molar-refractivity contribution in [3.05, 3.63) is 11.9 Å². The molecule has 0 bridgehead atoms. The molecule has 0 aliphatic heterocycles. The molecule has 1 heterocycles. The highest BCUT2D eigenvalue weighted by Crippen LogP contribution is 2.23. The molecule has 118 valence electrons. The molecule has 0 radical (unpaired) electrons. The number of nitrogen functional groups attached to an aromatic ring is 1. The molecular weight excluding hydrogens is 268 g/mol. The summed E-state index contributed by atoms with van der Waals surface area (Å²) in [7, 11) is 3.48. The normalized spacial score (nSPS) is 11.2. The van der Waals surface area contributed by atoms with E-state index in [1.165, 1.54) is 0 Å². The summed E-state index contributed by atoms with van der Waals surface area (Å²) in [5.41, 5.74) is 2.36. The summed E-state index contributed by atoms with van der Waals surface area (Å²) in [6.45, 7) is 9.03. The summed E-state index contributed by atoms with van der Waals surface area (Å²) in [5.74, 6) is 7.43. The zero-order chi connectivity index (χ0) is 16.2. The number of nitrogens with two attached hydrogens (primary N) is 1. The highest BCUT2D eigenvalue weighted by molar-refractivity contribution is 5.80. The lowest BCUT2D eigenvalue weighted by Crippen LogP contribution is -2.37. The van der Waals surface area contributed by atoms with Gasteiger partial charge in [0, 0.05) is 32.1 Å². The van der Waals surface area contributed by atoms with Gasteiger partial charge in [-0.2, -0.15) is 0 Å². The van der Waals surface area contributed by atoms with Gasteiger partial charge in [0.2, 0.25) is 5.91 Å². The van der Waals surface area contributed by atoms with E-state index in [4.69, 9.17) is 5.84 Å². The summed E-state index contributed by atoms with van der Waals surface area (Å²) in [5, 5.41) is 0. The van der Waals surface area contributed by atoms with E-state index in [9.17, 15) is 4.79 Å². The van der Waals surface area contributed by atoms with Crippen LogP contribution < -0.4 is 16.2 Å². The van der Waals surface area contributed by atoms with Crippen molar-refractivity contribution >= 4 is 17.5 Å². The van der Waals surface area contributed by atoms with E-state index >= 15 is 0 Å². The maximum absolute atomic E-state index is 11.9. The highest BCUT2D eigenvalue weighted by atomic mass is 16.2. The molecular formula is C14H26N6O. The molecule has 7 heteroatoms. The second-order valence-corrected chi connectivity index (χ2v) is 6.13. The van der Waals surface area contributed by atoms with E-state index in [1.54, 1.807) is 25.1 Å². The highest BCUT2D eigenvalue weighted by Gasteiger charge is 2.21. The number of rotatable bonds is 5. The van der Waals surface area contributed by atoms with Gasteiger partial charge < -0.3 is 15.2 Å². The third-order valence-electron chi connectivity index (χ3n) is 3.06. The fourth-order valence-electron chi connectivity index (χ4n) is 1.67. The van der Waals surface area contributed by atoms with Crippen LogP contribution in [0.4, 0.5) is 11.6 Å². The van der Waals surface area contributed by atoms with Gasteiger partial charge in [-0.1, -0.05) is 20.8 Å². The third kappa shape index (κ3) is 4.56. The van der Waals surface area contributed by atoms with Gasteiger partial charge in [-0.05, 0) is 6.92 Å². The van der Waals surface area contributed by atoms with Gasteiger partial charge in [0.15, 0.2) is 0 Å². The van der Waals surface area contributed by atoms with Crippen LogP contribution in [0.2, 0.25) is 0 Å². The van der Waals surface area contributed by atoms with Crippen molar-refractivity contribution in [3.8, 4) is 0 Å². The summed E-state index contributed by atoms with van der Waals surface area (Å²) < 4.78 is 0. The number of aromatic nitrogens is 2. The van der Waals surface area contributed by atoms with Crippen molar-refractivity contribution in [1.82, 2.24) is 14.9 Å². The molecule has 1 amide bonds. The molecule has 0 aromatic carbocycles. The monoisotopic (exact) mass is 294 g/mol. The molecule has 0 atom stereocenters. The van der Waals surface area contributed by atoms with Crippen LogP contribution in [0.1, 0.15) is 33.5 Å². The van der Waals surface area contributed by atoms with Crippen LogP contribution in [0.25, 0.3) is 0 Å². The Morgan fingerprint density at radius 3 is 2.38 bits per heavy atom. The van der Waals surface area contributed by atoms with Gasteiger partial charge in [0.05, 0.1) is 6.54 Å². The van der Waals surface area contributed by atoms with Gasteiger partial charge in [0.1, 0.15) is 17.5 Å². The van der Waals surface area contributed by atoms with Gasteiger partial charge >= 0.3 is 0 Å². The first-order valence-corrected chi connectivity index (χ1v) is 7.00. The fraction of sp³-hybridized carbons (Fsp3) is 0.643. The van der Waals surface area contributed by atoms with Gasteiger partial charge in [-0.3, -0.25) is 4.79 Å². The number of carbonyl (C=O) groups excluding carboxylic acids is 1. The molecule has 1 aromatic heterocycles. The number of anilines is 2. The largest absolute Gasteiger partial charge is 0.347 e. The van der Waals surface area contributed by atoms with Crippen molar-refractivity contribution in [3.63, 3.8) is 0 Å². The van der Waals surface area contributed by atoms with Crippen LogP contribution in [0, 0.1) is 0 Å². The summed E-state index contributed by atoms with van der Waals surface area (Å²) in [4.78, 5) is 24.4. The van der Waals surface area contributed by atoms with Crippen LogP contribution >= 0.6 is 0 Å². The van der Waals surface area contributed by atoms with Crippen LogP contribution in [0.5, 0.6) is 0 Å². The molecule has 1 aromatic rings. The second-order valence-electron chi connectivity index (χ2n) is 6.13. The Hall–Kier alpha value is -1.89. The SMILES string of the molecule is CCN(CC(=O)N(C)C)c1cc(NN)nc(C(C)(C)C)n1. The van der Waals surface area contributed by atoms with E-state index in [2.05, 4.69) is 15.4 Å². The van der Waals surface area contributed by atoms with Crippen LogP contribution in [-0.2, 0) is 10.2 Å². The Morgan fingerprint density at radius 2 is 1.95 bits per heavy atom. The van der Waals surface area contributed by atoms with Crippen LogP contribution in [0.3, 0.4) is 0 Å². The number of nitrogens with zero attached hydrogens (tertiary/aromatic N) is 4. The van der Waals surface area contributed by atoms with Gasteiger partial charge in [-0.25, -0.2) is 15.8 Å². The molecule has 7 nitrogen and oxygen atoms in total. The van der Waals surface area contributed by atoms with Crippen molar-refractivity contribution in [2.45, 2.75) is 33.1 Å². The first-order chi connectivity index (χ1) is 9.68. The Morgan fingerprint density at radius 1 is 1.33 bits per heavy atom. The lowest BCUT2D eigenvalue weighted by molar-refractivity contribution is -0.127. The van der Waals surface area contributed by atoms with Crippen molar-refractivity contribution in [1.29, 1.82) is 0 Å². The number of likely N-dealkylation sites (N-methyl/N-ethyl adjacent to an activating group) is 2. The van der Waals surface area contributed by atoms with Crippen LogP contribution in [0.15, 0.2) is 6.07 Å². The maximum atomic E-state index is 11.9. The standard InChI is InChI=1S/C14H26N6O/c1-7-20(9-12(21)19(5)6)11-8-10(18-15)16-13(17-11)14(2,3)4/h8H,7,9,15H2,1-6H3,(H,16,17,18). The van der Waals surface area contributed by atoms with E-state index < -0.39 is 0 Å². The van der Waals surface area contributed by atoms with Crippen LogP contribution in [-0.4, -0.2) is 48.0 Å². The second kappa shape index (κ2) is 6.71. The average molecular weight is 294 g/mol. The molecule has 0 saturated heterocycles. The zero-order valence-corrected chi connectivity index (χ0v) is 13.8. The zero-order valence-electron chi connectivity index (χ0n) is 13.8. The Bertz CT molecular complexity index is 495. The summed E-state index contributed by atoms with van der Waals surface area (Å²) in [6.07, 6.45) is 0. The quantitative estimate of drug-likeness (QED) is 0.621. The first-order valence-electron chi connectivity index (χ1n) is 7.00. The maximum Gasteiger partial charge on any atom is 0.241 e. The topological polar surface area (TPSA) is 87.4 Å². The molecule has 1 rings (SSSR count). The molecule has 0 saturated carbocycles. The Labute approximate surface area is 126 Å². The number of nitrogens with one attached hydrogen (secondary N) is 1. The molecule has 0 aliphatic carbocycles. The van der Waals surface area contributed by atoms with Crippen molar-refractivity contribution in [2.75, 3.05) is 37.5 Å². The number of hydrazine groups is 1. The predicted octanol–water partition coefficient (Wildman–Crippen LogP) is 0.974. The molecule has 21 heavy (non-hydrogen) atoms. The Kier molecular flexibility index (Phi) is 5.48. The predicted molar refractivity (Wildman–Crippen MR) is 85.1 cm³/mol. The van der Waals surface area contributed by atoms with E-state index in [0.717, 1.165) is 0 Å². The minimum absolute atomic E-state index is 0.0232. The molecule has 0 spiro atoms. The van der Waals surface area contributed by atoms with Gasteiger partial charge in [0.25, 0.3) is 0 Å². The third-order valence-corrected chi connectivity index (χ3v) is 3.06. The minimum Gasteiger partial charge on any atom is -0.347 e. The number of hydrogen-bond acceptors (Lipinski definition) is 6. The molecule has 0 unspecified atom stereocenters. The van der Waals surface area contributed by atoms with Gasteiger partial charge in [-0.15, -0.1) is 0 Å². The number of carbonyl (C=O) groups is 1.